The molecule has 0 aromatic carbocycles. The van der Waals surface area contributed by atoms with Gasteiger partial charge in [-0.15, -0.1) is 0 Å². The summed E-state index contributed by atoms with van der Waals surface area (Å²) >= 11 is -2.57. The Balaban J connectivity index is 2.29. The summed E-state index contributed by atoms with van der Waals surface area (Å²) in [4.78, 5) is 14.1. The third kappa shape index (κ3) is 2.81. The standard InChI is InChI=1S/C11H15F6I2N2O3/c1-4-5(8(23,9(12,13)14)10(15,16)17)24-6(22)7(2,18-3)11-19(20-11)21-11/h5,20-21,23H,4H2,1-3H3/q-1. The zero-order valence-electron chi connectivity index (χ0n) is 12.6. The first kappa shape index (κ1) is 20.7. The molecular formula is C11H15F6I2N2O3-. The van der Waals surface area contributed by atoms with E-state index in [0.29, 0.717) is 0 Å². The van der Waals surface area contributed by atoms with Crippen molar-refractivity contribution in [2.45, 2.75) is 51.4 Å². The molecule has 2 heterocycles. The van der Waals surface area contributed by atoms with E-state index in [2.05, 4.69) is 11.8 Å². The summed E-state index contributed by atoms with van der Waals surface area (Å²) < 4.78 is 86.6. The van der Waals surface area contributed by atoms with E-state index in [0.717, 1.165) is 6.92 Å². The van der Waals surface area contributed by atoms with Crippen molar-refractivity contribution in [1.29, 1.82) is 0 Å². The molecule has 2 rings (SSSR count). The molecule has 13 heteroatoms. The van der Waals surface area contributed by atoms with Gasteiger partial charge in [0.1, 0.15) is 0 Å². The molecule has 0 amide bonds. The van der Waals surface area contributed by atoms with Crippen LogP contribution in [0.5, 0.6) is 0 Å². The first-order valence-electron chi connectivity index (χ1n) is 6.54. The molecule has 24 heavy (non-hydrogen) atoms. The van der Waals surface area contributed by atoms with Crippen LogP contribution in [0.2, 0.25) is 0 Å². The molecule has 0 radical (unpaired) electrons. The second-order valence-electron chi connectivity index (χ2n) is 5.39. The number of carbonyl (C=O) groups is 1. The third-order valence-electron chi connectivity index (χ3n) is 4.02. The van der Waals surface area contributed by atoms with E-state index in [1.807, 2.05) is 0 Å². The minimum absolute atomic E-state index is 0.650. The molecular weight excluding hydrogens is 576 g/mol. The maximum absolute atomic E-state index is 12.9. The molecule has 0 spiro atoms. The van der Waals surface area contributed by atoms with E-state index >= 15 is 0 Å². The Labute approximate surface area is 151 Å². The van der Waals surface area contributed by atoms with Crippen molar-refractivity contribution in [3.63, 3.8) is 0 Å². The van der Waals surface area contributed by atoms with Crippen LogP contribution in [0.1, 0.15) is 20.3 Å². The van der Waals surface area contributed by atoms with Gasteiger partial charge in [-0.2, -0.15) is 0 Å². The molecule has 144 valence electrons. The number of alkyl halides is 9. The zero-order valence-corrected chi connectivity index (χ0v) is 16.9. The van der Waals surface area contributed by atoms with Crippen LogP contribution in [0.25, 0.3) is 0 Å². The summed E-state index contributed by atoms with van der Waals surface area (Å²) in [6.45, 7) is 2.46. The number of hydrogen-bond donors (Lipinski definition) is 3. The van der Waals surface area contributed by atoms with Crippen molar-refractivity contribution in [2.75, 3.05) is 4.93 Å². The Morgan fingerprint density at radius 3 is 1.92 bits per heavy atom. The van der Waals surface area contributed by atoms with Gasteiger partial charge in [0, 0.05) is 0 Å². The van der Waals surface area contributed by atoms with Gasteiger partial charge in [-0.3, -0.25) is 0 Å². The third-order valence-corrected chi connectivity index (χ3v) is 13.3. The van der Waals surface area contributed by atoms with E-state index < -0.39 is 85.1 Å². The summed E-state index contributed by atoms with van der Waals surface area (Å²) in [5.74, 6) is -1.14. The Morgan fingerprint density at radius 2 is 1.67 bits per heavy atom. The molecule has 0 aromatic rings. The van der Waals surface area contributed by atoms with E-state index in [1.165, 1.54) is 6.92 Å². The van der Waals surface area contributed by atoms with E-state index in [4.69, 9.17) is 0 Å². The Bertz CT molecular complexity index is 523. The van der Waals surface area contributed by atoms with Crippen molar-refractivity contribution in [1.82, 2.24) is 7.06 Å². The van der Waals surface area contributed by atoms with Crippen molar-refractivity contribution in [2.24, 2.45) is 0 Å². The number of aliphatic hydroxyl groups is 1. The average Bonchev–Trinajstić information content (AvgIpc) is 3.29. The fourth-order valence-electron chi connectivity index (χ4n) is 2.16. The van der Waals surface area contributed by atoms with Crippen molar-refractivity contribution in [3.05, 3.63) is 0 Å². The number of fused-ring (bicyclic) bond motifs is 1. The number of rotatable bonds is 6. The maximum atomic E-state index is 12.9. The van der Waals surface area contributed by atoms with E-state index in [-0.39, 0.29) is 0 Å². The quantitative estimate of drug-likeness (QED) is 0.0691. The molecule has 2 aliphatic rings. The Hall–Kier alpha value is 0.390. The summed E-state index contributed by atoms with van der Waals surface area (Å²) in [6, 6.07) is 0. The number of esters is 1. The first-order chi connectivity index (χ1) is 10.7. The summed E-state index contributed by atoms with van der Waals surface area (Å²) in [7, 11) is 0. The number of ether oxygens (including phenoxy) is 1. The average molecular weight is 591 g/mol. The number of halogens is 8. The molecule has 0 aromatic heterocycles. The predicted molar refractivity (Wildman–Crippen MR) is 74.6 cm³/mol. The van der Waals surface area contributed by atoms with Crippen LogP contribution >= 0.6 is 20.4 Å². The fraction of sp³-hybridized carbons (Fsp3) is 0.909. The van der Waals surface area contributed by atoms with Gasteiger partial charge in [0.05, 0.1) is 0 Å². The Kier molecular flexibility index (Phi) is 5.13. The molecule has 0 saturated carbocycles. The van der Waals surface area contributed by atoms with Crippen LogP contribution in [-0.2, 0) is 9.53 Å². The molecule has 2 unspecified atom stereocenters. The molecule has 2 fully saturated rings. The number of hydrogen-bond acceptors (Lipinski definition) is 5. The molecule has 2 atom stereocenters. The summed E-state index contributed by atoms with van der Waals surface area (Å²) in [5, 5.41) is 9.42. The SMILES string of the molecule is CCC(OC(=O)C(C)([I-]C)C12NI1N2)C(O)(C(F)(F)F)C(F)(F)F. The first-order valence-corrected chi connectivity index (χ1v) is 13.0. The Morgan fingerprint density at radius 1 is 1.25 bits per heavy atom. The van der Waals surface area contributed by atoms with Gasteiger partial charge in [0.15, 0.2) is 0 Å². The van der Waals surface area contributed by atoms with Crippen LogP contribution in [0.15, 0.2) is 0 Å². The molecule has 2 aliphatic heterocycles. The van der Waals surface area contributed by atoms with Gasteiger partial charge in [-0.1, -0.05) is 0 Å². The zero-order chi connectivity index (χ0) is 18.8. The monoisotopic (exact) mass is 591 g/mol. The fourth-order valence-corrected chi connectivity index (χ4v) is 12.5. The topological polar surface area (TPSA) is 90.4 Å². The second kappa shape index (κ2) is 5.95. The van der Waals surface area contributed by atoms with E-state index in [1.54, 1.807) is 4.93 Å². The van der Waals surface area contributed by atoms with Crippen molar-refractivity contribution in [3.8, 4) is 0 Å². The molecule has 0 bridgehead atoms. The van der Waals surface area contributed by atoms with Crippen LogP contribution in [0.3, 0.4) is 0 Å². The van der Waals surface area contributed by atoms with Gasteiger partial charge in [0.25, 0.3) is 0 Å². The molecule has 3 N–H and O–H groups in total. The second-order valence-corrected chi connectivity index (χ2v) is 12.9. The molecule has 0 aliphatic carbocycles. The van der Waals surface area contributed by atoms with Gasteiger partial charge in [-0.25, -0.2) is 0 Å². The van der Waals surface area contributed by atoms with Crippen molar-refractivity contribution >= 4 is 26.3 Å². The van der Waals surface area contributed by atoms with Gasteiger partial charge < -0.3 is 0 Å². The summed E-state index contributed by atoms with van der Waals surface area (Å²) in [5.41, 5.74) is -5.11. The van der Waals surface area contributed by atoms with Crippen LogP contribution in [-0.4, -0.2) is 47.2 Å². The van der Waals surface area contributed by atoms with Crippen molar-refractivity contribution < 1.29 is 62.2 Å². The number of carbonyl (C=O) groups excluding carboxylic acids is 1. The van der Waals surface area contributed by atoms with Gasteiger partial charge >= 0.3 is 152 Å². The summed E-state index contributed by atoms with van der Waals surface area (Å²) in [6.07, 6.45) is -15.7. The molecule has 5 nitrogen and oxygen atoms in total. The van der Waals surface area contributed by atoms with Gasteiger partial charge in [-0.05, 0) is 0 Å². The normalized spacial score (nSPS) is 24.8. The van der Waals surface area contributed by atoms with Gasteiger partial charge in [0.2, 0.25) is 0 Å². The minimum atomic E-state index is -6.03. The molecule has 2 saturated heterocycles. The number of nitrogens with one attached hydrogen (secondary N) is 2. The van der Waals surface area contributed by atoms with Crippen LogP contribution in [0, 0.1) is 0 Å². The predicted octanol–water partition coefficient (Wildman–Crippen LogP) is -1.16. The van der Waals surface area contributed by atoms with Crippen LogP contribution in [0.4, 0.5) is 26.3 Å². The van der Waals surface area contributed by atoms with Crippen LogP contribution < -0.4 is 28.3 Å². The van der Waals surface area contributed by atoms with E-state index in [9.17, 15) is 36.2 Å².